The number of rotatable bonds is 6. The fraction of sp³-hybridized carbons (Fsp3) is 0.588. The van der Waals surface area contributed by atoms with Gasteiger partial charge in [-0.15, -0.1) is 0 Å². The molecule has 0 spiro atoms. The zero-order chi connectivity index (χ0) is 16.8. The Balaban J connectivity index is 2.81. The number of guanidine groups is 1. The van der Waals surface area contributed by atoms with E-state index in [1.807, 2.05) is 33.8 Å². The number of nitrogens with one attached hydrogen (secondary N) is 2. The van der Waals surface area contributed by atoms with Gasteiger partial charge in [-0.05, 0) is 38.0 Å². The van der Waals surface area contributed by atoms with Crippen LogP contribution in [0.15, 0.2) is 23.2 Å². The average molecular weight is 309 g/mol. The maximum Gasteiger partial charge on any atom is 0.191 e. The predicted molar refractivity (Wildman–Crippen MR) is 89.5 cm³/mol. The Labute approximate surface area is 132 Å². The summed E-state index contributed by atoms with van der Waals surface area (Å²) in [5, 5.41) is 15.7. The van der Waals surface area contributed by atoms with E-state index in [-0.39, 0.29) is 23.9 Å². The number of halogens is 1. The molecule has 0 bridgehead atoms. The highest BCUT2D eigenvalue weighted by Gasteiger charge is 2.16. The van der Waals surface area contributed by atoms with E-state index in [0.717, 1.165) is 12.1 Å². The molecule has 0 saturated carbocycles. The lowest BCUT2D eigenvalue weighted by atomic mass is 9.95. The number of aliphatic hydroxyl groups excluding tert-OH is 1. The highest BCUT2D eigenvalue weighted by atomic mass is 19.1. The molecule has 4 nitrogen and oxygen atoms in total. The summed E-state index contributed by atoms with van der Waals surface area (Å²) in [6.45, 7) is 10.9. The molecule has 0 amide bonds. The van der Waals surface area contributed by atoms with Crippen molar-refractivity contribution >= 4 is 5.96 Å². The summed E-state index contributed by atoms with van der Waals surface area (Å²) < 4.78 is 13.7. The van der Waals surface area contributed by atoms with Crippen LogP contribution in [0.25, 0.3) is 0 Å². The normalized spacial score (nSPS) is 13.9. The molecular weight excluding hydrogens is 281 g/mol. The van der Waals surface area contributed by atoms with Crippen molar-refractivity contribution in [2.24, 2.45) is 10.4 Å². The van der Waals surface area contributed by atoms with Crippen molar-refractivity contribution in [1.29, 1.82) is 0 Å². The zero-order valence-corrected chi connectivity index (χ0v) is 14.2. The van der Waals surface area contributed by atoms with Crippen molar-refractivity contribution in [3.8, 4) is 0 Å². The minimum atomic E-state index is -0.262. The van der Waals surface area contributed by atoms with Crippen LogP contribution in [0, 0.1) is 18.2 Å². The molecule has 1 aromatic rings. The van der Waals surface area contributed by atoms with E-state index in [4.69, 9.17) is 0 Å². The summed E-state index contributed by atoms with van der Waals surface area (Å²) in [7, 11) is 0. The molecule has 3 N–H and O–H groups in total. The number of aryl methyl sites for hydroxylation is 1. The van der Waals surface area contributed by atoms with Crippen LogP contribution in [0.4, 0.5) is 4.39 Å². The second kappa shape index (κ2) is 8.13. The third-order valence-electron chi connectivity index (χ3n) is 3.49. The number of hydrogen-bond acceptors (Lipinski definition) is 2. The first kappa shape index (κ1) is 18.4. The van der Waals surface area contributed by atoms with Crippen LogP contribution in [0.1, 0.15) is 44.9 Å². The van der Waals surface area contributed by atoms with Crippen LogP contribution in [0.2, 0.25) is 0 Å². The first-order valence-corrected chi connectivity index (χ1v) is 7.71. The van der Waals surface area contributed by atoms with Gasteiger partial charge in [0.25, 0.3) is 0 Å². The van der Waals surface area contributed by atoms with Crippen molar-refractivity contribution in [3.05, 3.63) is 35.1 Å². The maximum absolute atomic E-state index is 13.7. The van der Waals surface area contributed by atoms with E-state index in [1.54, 1.807) is 19.1 Å². The van der Waals surface area contributed by atoms with Gasteiger partial charge in [0.05, 0.1) is 12.6 Å². The molecule has 0 fully saturated rings. The molecule has 0 radical (unpaired) electrons. The molecular formula is C17H28FN3O. The van der Waals surface area contributed by atoms with Crippen LogP contribution in [-0.2, 0) is 0 Å². The minimum Gasteiger partial charge on any atom is -0.396 e. The summed E-state index contributed by atoms with van der Waals surface area (Å²) in [6, 6.07) is 5.18. The van der Waals surface area contributed by atoms with Gasteiger partial charge >= 0.3 is 0 Å². The standard InChI is InChI=1S/C17H28FN3O/c1-6-19-16(20-10-17(4,5)11-22)21-13(3)14-8-7-12(2)15(18)9-14/h7-9,13,22H,6,10-11H2,1-5H3,(H2,19,20,21). The monoisotopic (exact) mass is 309 g/mol. The Kier molecular flexibility index (Phi) is 6.81. The van der Waals surface area contributed by atoms with Gasteiger partial charge in [-0.3, -0.25) is 4.99 Å². The van der Waals surface area contributed by atoms with E-state index in [1.165, 1.54) is 0 Å². The molecule has 0 heterocycles. The van der Waals surface area contributed by atoms with Crippen LogP contribution in [0.3, 0.4) is 0 Å². The van der Waals surface area contributed by atoms with E-state index in [0.29, 0.717) is 18.1 Å². The molecule has 22 heavy (non-hydrogen) atoms. The summed E-state index contributed by atoms with van der Waals surface area (Å²) in [6.07, 6.45) is 0. The van der Waals surface area contributed by atoms with Gasteiger partial charge in [0.2, 0.25) is 0 Å². The van der Waals surface area contributed by atoms with Crippen LogP contribution in [0.5, 0.6) is 0 Å². The Morgan fingerprint density at radius 2 is 2.09 bits per heavy atom. The van der Waals surface area contributed by atoms with Gasteiger partial charge < -0.3 is 15.7 Å². The average Bonchev–Trinajstić information content (AvgIpc) is 2.48. The quantitative estimate of drug-likeness (QED) is 0.559. The lowest BCUT2D eigenvalue weighted by Gasteiger charge is -2.22. The van der Waals surface area contributed by atoms with Gasteiger partial charge in [-0.1, -0.05) is 26.0 Å². The lowest BCUT2D eigenvalue weighted by molar-refractivity contribution is 0.167. The first-order valence-electron chi connectivity index (χ1n) is 7.71. The number of nitrogens with zero attached hydrogens (tertiary/aromatic N) is 1. The second-order valence-corrected chi connectivity index (χ2v) is 6.39. The van der Waals surface area contributed by atoms with Crippen molar-refractivity contribution in [1.82, 2.24) is 10.6 Å². The van der Waals surface area contributed by atoms with Crippen molar-refractivity contribution in [2.75, 3.05) is 19.7 Å². The zero-order valence-electron chi connectivity index (χ0n) is 14.2. The fourth-order valence-corrected chi connectivity index (χ4v) is 1.83. The third-order valence-corrected chi connectivity index (χ3v) is 3.49. The third kappa shape index (κ3) is 5.64. The number of benzene rings is 1. The highest BCUT2D eigenvalue weighted by molar-refractivity contribution is 5.80. The molecule has 1 rings (SSSR count). The minimum absolute atomic E-state index is 0.0647. The Bertz CT molecular complexity index is 515. The van der Waals surface area contributed by atoms with E-state index in [2.05, 4.69) is 15.6 Å². The summed E-state index contributed by atoms with van der Waals surface area (Å²) >= 11 is 0. The first-order chi connectivity index (χ1) is 10.3. The topological polar surface area (TPSA) is 56.7 Å². The molecule has 124 valence electrons. The summed E-state index contributed by atoms with van der Waals surface area (Å²) in [4.78, 5) is 4.50. The SMILES string of the molecule is CCNC(=NCC(C)(C)CO)NC(C)c1ccc(C)c(F)c1. The molecule has 0 aliphatic rings. The lowest BCUT2D eigenvalue weighted by Crippen LogP contribution is -2.39. The van der Waals surface area contributed by atoms with Crippen molar-refractivity contribution in [3.63, 3.8) is 0 Å². The summed E-state index contributed by atoms with van der Waals surface area (Å²) in [5.41, 5.74) is 1.25. The Morgan fingerprint density at radius 3 is 2.64 bits per heavy atom. The molecule has 0 aromatic heterocycles. The van der Waals surface area contributed by atoms with E-state index >= 15 is 0 Å². The Morgan fingerprint density at radius 1 is 1.41 bits per heavy atom. The van der Waals surface area contributed by atoms with Crippen LogP contribution >= 0.6 is 0 Å². The van der Waals surface area contributed by atoms with Crippen LogP contribution < -0.4 is 10.6 Å². The molecule has 0 aliphatic heterocycles. The van der Waals surface area contributed by atoms with Gasteiger partial charge in [-0.2, -0.15) is 0 Å². The van der Waals surface area contributed by atoms with Gasteiger partial charge in [0.15, 0.2) is 5.96 Å². The van der Waals surface area contributed by atoms with Crippen molar-refractivity contribution in [2.45, 2.75) is 40.7 Å². The smallest absolute Gasteiger partial charge is 0.191 e. The molecule has 1 aromatic carbocycles. The molecule has 5 heteroatoms. The fourth-order valence-electron chi connectivity index (χ4n) is 1.83. The van der Waals surface area contributed by atoms with Crippen LogP contribution in [-0.4, -0.2) is 30.8 Å². The summed E-state index contributed by atoms with van der Waals surface area (Å²) in [5.74, 6) is 0.465. The number of aliphatic hydroxyl groups is 1. The number of hydrogen-bond donors (Lipinski definition) is 3. The Hall–Kier alpha value is -1.62. The molecule has 1 atom stereocenters. The van der Waals surface area contributed by atoms with E-state index < -0.39 is 0 Å². The predicted octanol–water partition coefficient (Wildman–Crippen LogP) is 2.77. The van der Waals surface area contributed by atoms with Gasteiger partial charge in [-0.25, -0.2) is 4.39 Å². The molecule has 0 saturated heterocycles. The number of aliphatic imine (C=N–C) groups is 1. The van der Waals surface area contributed by atoms with Gasteiger partial charge in [0.1, 0.15) is 5.82 Å². The van der Waals surface area contributed by atoms with Gasteiger partial charge in [0, 0.05) is 18.6 Å². The highest BCUT2D eigenvalue weighted by Crippen LogP contribution is 2.17. The van der Waals surface area contributed by atoms with E-state index in [9.17, 15) is 9.50 Å². The molecule has 1 unspecified atom stereocenters. The second-order valence-electron chi connectivity index (χ2n) is 6.39. The largest absolute Gasteiger partial charge is 0.396 e. The molecule has 0 aliphatic carbocycles. The van der Waals surface area contributed by atoms with Crippen molar-refractivity contribution < 1.29 is 9.50 Å². The maximum atomic E-state index is 13.7.